The molecule has 0 fully saturated rings. The lowest BCUT2D eigenvalue weighted by Gasteiger charge is -2.08. The molecule has 0 aliphatic heterocycles. The number of nitrogens with zero attached hydrogens (tertiary/aromatic N) is 1. The molecule has 0 unspecified atom stereocenters. The van der Waals surface area contributed by atoms with Gasteiger partial charge in [0, 0.05) is 0 Å². The number of hydrogen-bond donors (Lipinski definition) is 1. The summed E-state index contributed by atoms with van der Waals surface area (Å²) in [7, 11) is 1.28. The van der Waals surface area contributed by atoms with E-state index in [9.17, 15) is 4.79 Å². The fraction of sp³-hybridized carbons (Fsp3) is 0.167. The number of nitrogens with two attached hydrogens (primary N) is 1. The summed E-state index contributed by atoms with van der Waals surface area (Å²) in [5, 5.41) is 0. The van der Waals surface area contributed by atoms with Crippen molar-refractivity contribution in [1.29, 1.82) is 0 Å². The molecule has 0 saturated heterocycles. The van der Waals surface area contributed by atoms with E-state index >= 15 is 0 Å². The number of nitrogen functional groups attached to an aromatic ring is 1. The Morgan fingerprint density at radius 3 is 3.06 bits per heavy atom. The van der Waals surface area contributed by atoms with Gasteiger partial charge in [-0.25, -0.2) is 9.78 Å². The van der Waals surface area contributed by atoms with Gasteiger partial charge in [-0.2, -0.15) is 0 Å². The van der Waals surface area contributed by atoms with Gasteiger partial charge in [-0.05, 0) is 18.2 Å². The van der Waals surface area contributed by atoms with Crippen LogP contribution in [0.25, 0.3) is 0 Å². The molecule has 0 atom stereocenters. The van der Waals surface area contributed by atoms with Crippen LogP contribution in [-0.2, 0) is 11.3 Å². The Hall–Kier alpha value is -2.50. The molecule has 2 heterocycles. The maximum absolute atomic E-state index is 11.5. The smallest absolute Gasteiger partial charge is 0.343 e. The number of carbonyl (C=O) groups is 1. The van der Waals surface area contributed by atoms with E-state index in [4.69, 9.17) is 14.9 Å². The van der Waals surface area contributed by atoms with E-state index in [1.54, 1.807) is 12.1 Å². The van der Waals surface area contributed by atoms with E-state index in [-0.39, 0.29) is 18.1 Å². The second-order valence-corrected chi connectivity index (χ2v) is 3.48. The van der Waals surface area contributed by atoms with E-state index in [1.807, 2.05) is 0 Å². The normalized spacial score (nSPS) is 10.1. The largest absolute Gasteiger partial charge is 0.469 e. The summed E-state index contributed by atoms with van der Waals surface area (Å²) in [6.45, 7) is 0.175. The number of carbonyl (C=O) groups excluding carboxylic acids is 1. The minimum Gasteiger partial charge on any atom is -0.469 e. The number of ether oxygens (including phenoxy) is 2. The van der Waals surface area contributed by atoms with E-state index < -0.39 is 5.97 Å². The van der Waals surface area contributed by atoms with Crippen molar-refractivity contribution in [3.63, 3.8) is 0 Å². The summed E-state index contributed by atoms with van der Waals surface area (Å²) < 4.78 is 15.1. The summed E-state index contributed by atoms with van der Waals surface area (Å²) in [6.07, 6.45) is 2.94. The molecular weight excluding hydrogens is 236 g/mol. The van der Waals surface area contributed by atoms with Crippen LogP contribution in [-0.4, -0.2) is 18.1 Å². The highest BCUT2D eigenvalue weighted by atomic mass is 16.5. The number of pyridine rings is 1. The average Bonchev–Trinajstić information content (AvgIpc) is 2.89. The van der Waals surface area contributed by atoms with Crippen molar-refractivity contribution in [3.8, 4) is 5.88 Å². The van der Waals surface area contributed by atoms with Crippen LogP contribution < -0.4 is 10.5 Å². The van der Waals surface area contributed by atoms with Gasteiger partial charge in [-0.1, -0.05) is 0 Å². The van der Waals surface area contributed by atoms with Crippen LogP contribution in [0.2, 0.25) is 0 Å². The molecule has 6 heteroatoms. The first-order valence-electron chi connectivity index (χ1n) is 5.19. The topological polar surface area (TPSA) is 87.6 Å². The zero-order chi connectivity index (χ0) is 13.0. The molecule has 0 bridgehead atoms. The zero-order valence-electron chi connectivity index (χ0n) is 9.75. The van der Waals surface area contributed by atoms with Gasteiger partial charge >= 0.3 is 5.97 Å². The Morgan fingerprint density at radius 2 is 2.39 bits per heavy atom. The Kier molecular flexibility index (Phi) is 3.47. The highest BCUT2D eigenvalue weighted by Crippen LogP contribution is 2.20. The number of esters is 1. The third kappa shape index (κ3) is 2.60. The van der Waals surface area contributed by atoms with Crippen LogP contribution in [0.1, 0.15) is 16.1 Å². The predicted molar refractivity (Wildman–Crippen MR) is 63.0 cm³/mol. The van der Waals surface area contributed by atoms with Gasteiger partial charge in [0.1, 0.15) is 17.9 Å². The van der Waals surface area contributed by atoms with Crippen molar-refractivity contribution in [2.75, 3.05) is 12.8 Å². The SMILES string of the molecule is COC(=O)c1cc(N)cnc1OCc1ccco1. The van der Waals surface area contributed by atoms with Crippen LogP contribution in [0, 0.1) is 0 Å². The average molecular weight is 248 g/mol. The van der Waals surface area contributed by atoms with Crippen LogP contribution in [0.3, 0.4) is 0 Å². The maximum Gasteiger partial charge on any atom is 0.343 e. The van der Waals surface area contributed by atoms with Gasteiger partial charge in [0.2, 0.25) is 5.88 Å². The van der Waals surface area contributed by atoms with Gasteiger partial charge in [0.25, 0.3) is 0 Å². The Labute approximate surface area is 103 Å². The molecule has 18 heavy (non-hydrogen) atoms. The first-order valence-corrected chi connectivity index (χ1v) is 5.19. The standard InChI is InChI=1S/C12H12N2O4/c1-16-12(15)10-5-8(13)6-14-11(10)18-7-9-3-2-4-17-9/h2-6H,7,13H2,1H3. The number of furan rings is 1. The molecule has 2 rings (SSSR count). The maximum atomic E-state index is 11.5. The summed E-state index contributed by atoms with van der Waals surface area (Å²) in [5.74, 6) is 0.237. The fourth-order valence-electron chi connectivity index (χ4n) is 1.37. The molecule has 2 aromatic rings. The summed E-state index contributed by atoms with van der Waals surface area (Å²) >= 11 is 0. The Bertz CT molecular complexity index is 537. The Balaban J connectivity index is 2.18. The van der Waals surface area contributed by atoms with Gasteiger partial charge in [-0.3, -0.25) is 0 Å². The summed E-state index contributed by atoms with van der Waals surface area (Å²) in [6, 6.07) is 4.96. The lowest BCUT2D eigenvalue weighted by molar-refractivity contribution is 0.0594. The van der Waals surface area contributed by atoms with Crippen LogP contribution in [0.15, 0.2) is 35.1 Å². The zero-order valence-corrected chi connectivity index (χ0v) is 9.75. The minimum absolute atomic E-state index is 0.160. The minimum atomic E-state index is -0.552. The van der Waals surface area contributed by atoms with Gasteiger partial charge < -0.3 is 19.6 Å². The van der Waals surface area contributed by atoms with Crippen molar-refractivity contribution in [2.45, 2.75) is 6.61 Å². The van der Waals surface area contributed by atoms with Crippen molar-refractivity contribution >= 4 is 11.7 Å². The molecule has 94 valence electrons. The van der Waals surface area contributed by atoms with E-state index in [1.165, 1.54) is 25.6 Å². The number of methoxy groups -OCH3 is 1. The molecule has 6 nitrogen and oxygen atoms in total. The third-order valence-electron chi connectivity index (χ3n) is 2.21. The predicted octanol–water partition coefficient (Wildman–Crippen LogP) is 1.62. The molecule has 0 aliphatic rings. The van der Waals surface area contributed by atoms with Crippen molar-refractivity contribution in [3.05, 3.63) is 42.0 Å². The fourth-order valence-corrected chi connectivity index (χ4v) is 1.37. The summed E-state index contributed by atoms with van der Waals surface area (Å²) in [5.41, 5.74) is 6.11. The number of anilines is 1. The lowest BCUT2D eigenvalue weighted by atomic mass is 10.2. The molecule has 0 spiro atoms. The number of hydrogen-bond acceptors (Lipinski definition) is 6. The van der Waals surface area contributed by atoms with E-state index in [0.29, 0.717) is 11.4 Å². The van der Waals surface area contributed by atoms with Crippen LogP contribution >= 0.6 is 0 Å². The van der Waals surface area contributed by atoms with Crippen LogP contribution in [0.5, 0.6) is 5.88 Å². The molecule has 0 aliphatic carbocycles. The first-order chi connectivity index (χ1) is 8.70. The highest BCUT2D eigenvalue weighted by molar-refractivity contribution is 5.92. The molecular formula is C12H12N2O4. The molecule has 2 aromatic heterocycles. The molecule has 2 N–H and O–H groups in total. The molecule has 0 aromatic carbocycles. The van der Waals surface area contributed by atoms with Gasteiger partial charge in [-0.15, -0.1) is 0 Å². The monoisotopic (exact) mass is 248 g/mol. The van der Waals surface area contributed by atoms with Crippen molar-refractivity contribution in [2.24, 2.45) is 0 Å². The lowest BCUT2D eigenvalue weighted by Crippen LogP contribution is -2.08. The molecule has 0 radical (unpaired) electrons. The van der Waals surface area contributed by atoms with Gasteiger partial charge in [0.15, 0.2) is 0 Å². The highest BCUT2D eigenvalue weighted by Gasteiger charge is 2.15. The quantitative estimate of drug-likeness (QED) is 0.827. The molecule has 0 amide bonds. The molecule has 0 saturated carbocycles. The number of aromatic nitrogens is 1. The van der Waals surface area contributed by atoms with Crippen LogP contribution in [0.4, 0.5) is 5.69 Å². The van der Waals surface area contributed by atoms with E-state index in [0.717, 1.165) is 0 Å². The van der Waals surface area contributed by atoms with Crippen molar-refractivity contribution < 1.29 is 18.7 Å². The number of rotatable bonds is 4. The first kappa shape index (κ1) is 12.0. The third-order valence-corrected chi connectivity index (χ3v) is 2.21. The van der Waals surface area contributed by atoms with Crippen molar-refractivity contribution in [1.82, 2.24) is 4.98 Å². The summed E-state index contributed by atoms with van der Waals surface area (Å²) in [4.78, 5) is 15.5. The van der Waals surface area contributed by atoms with E-state index in [2.05, 4.69) is 9.72 Å². The van der Waals surface area contributed by atoms with Gasteiger partial charge in [0.05, 0.1) is 25.3 Å². The second kappa shape index (κ2) is 5.22. The second-order valence-electron chi connectivity index (χ2n) is 3.48. The Morgan fingerprint density at radius 1 is 1.56 bits per heavy atom.